The molecule has 0 aromatic carbocycles. The van der Waals surface area contributed by atoms with Crippen LogP contribution in [-0.4, -0.2) is 69.7 Å². The highest BCUT2D eigenvalue weighted by Crippen LogP contribution is 1.95. The van der Waals surface area contributed by atoms with Crippen LogP contribution in [0.15, 0.2) is 0 Å². The van der Waals surface area contributed by atoms with Crippen LogP contribution in [0, 0.1) is 0 Å². The van der Waals surface area contributed by atoms with Crippen molar-refractivity contribution in [1.82, 2.24) is 9.80 Å². The molecular weight excluding hydrogens is 206 g/mol. The first-order valence-corrected chi connectivity index (χ1v) is 5.73. The van der Waals surface area contributed by atoms with E-state index < -0.39 is 0 Å². The zero-order valence-corrected chi connectivity index (χ0v) is 10.7. The van der Waals surface area contributed by atoms with Gasteiger partial charge in [-0.1, -0.05) is 0 Å². The first kappa shape index (κ1) is 15.3. The Kier molecular flexibility index (Phi) is 9.18. The molecule has 0 unspecified atom stereocenters. The predicted molar refractivity (Wildman–Crippen MR) is 65.3 cm³/mol. The van der Waals surface area contributed by atoms with Crippen molar-refractivity contribution in [3.63, 3.8) is 0 Å². The van der Waals surface area contributed by atoms with Gasteiger partial charge in [-0.15, -0.1) is 0 Å². The maximum atomic E-state index is 11.7. The summed E-state index contributed by atoms with van der Waals surface area (Å²) in [5.41, 5.74) is 5.39. The fraction of sp³-hybridized carbons (Fsp3) is 0.909. The summed E-state index contributed by atoms with van der Waals surface area (Å²) in [4.78, 5) is 15.5. The highest BCUT2D eigenvalue weighted by Gasteiger charge is 2.08. The van der Waals surface area contributed by atoms with Crippen LogP contribution in [0.4, 0.5) is 0 Å². The van der Waals surface area contributed by atoms with E-state index in [9.17, 15) is 4.79 Å². The molecule has 0 radical (unpaired) electrons. The van der Waals surface area contributed by atoms with Gasteiger partial charge < -0.3 is 20.3 Å². The number of likely N-dealkylation sites (N-methyl/N-ethyl adjacent to an activating group) is 1. The van der Waals surface area contributed by atoms with Crippen LogP contribution >= 0.6 is 0 Å². The fourth-order valence-electron chi connectivity index (χ4n) is 1.29. The second kappa shape index (κ2) is 9.57. The summed E-state index contributed by atoms with van der Waals surface area (Å²) in [5.74, 6) is 0.178. The maximum Gasteiger partial charge on any atom is 0.223 e. The number of carbonyl (C=O) groups excluding carboxylic acids is 1. The lowest BCUT2D eigenvalue weighted by molar-refractivity contribution is -0.130. The summed E-state index contributed by atoms with van der Waals surface area (Å²) in [6.07, 6.45) is 1.42. The zero-order chi connectivity index (χ0) is 12.4. The number of nitrogens with two attached hydrogens (primary N) is 1. The SMILES string of the molecule is COCCN(C)CCC(=O)N(C)CCCN. The summed E-state index contributed by atoms with van der Waals surface area (Å²) in [6.45, 7) is 3.71. The van der Waals surface area contributed by atoms with Gasteiger partial charge in [-0.05, 0) is 20.0 Å². The summed E-state index contributed by atoms with van der Waals surface area (Å²) < 4.78 is 4.97. The van der Waals surface area contributed by atoms with Crippen molar-refractivity contribution in [1.29, 1.82) is 0 Å². The number of rotatable bonds is 9. The molecule has 0 aliphatic carbocycles. The number of nitrogens with zero attached hydrogens (tertiary/aromatic N) is 2. The minimum atomic E-state index is 0.178. The summed E-state index contributed by atoms with van der Waals surface area (Å²) >= 11 is 0. The van der Waals surface area contributed by atoms with Gasteiger partial charge in [0.25, 0.3) is 0 Å². The fourth-order valence-corrected chi connectivity index (χ4v) is 1.29. The number of ether oxygens (including phenoxy) is 1. The second-order valence-corrected chi connectivity index (χ2v) is 4.00. The van der Waals surface area contributed by atoms with E-state index in [0.29, 0.717) is 19.6 Å². The molecule has 0 rings (SSSR count). The van der Waals surface area contributed by atoms with E-state index in [2.05, 4.69) is 4.90 Å². The quantitative estimate of drug-likeness (QED) is 0.595. The van der Waals surface area contributed by atoms with E-state index >= 15 is 0 Å². The second-order valence-electron chi connectivity index (χ2n) is 4.00. The molecule has 0 spiro atoms. The van der Waals surface area contributed by atoms with Gasteiger partial charge in [-0.2, -0.15) is 0 Å². The van der Waals surface area contributed by atoms with Gasteiger partial charge in [0.15, 0.2) is 0 Å². The van der Waals surface area contributed by atoms with E-state index in [0.717, 1.165) is 26.1 Å². The maximum absolute atomic E-state index is 11.7. The van der Waals surface area contributed by atoms with Gasteiger partial charge in [0.2, 0.25) is 5.91 Å². The average Bonchev–Trinajstić information content (AvgIpc) is 2.30. The highest BCUT2D eigenvalue weighted by molar-refractivity contribution is 5.76. The monoisotopic (exact) mass is 231 g/mol. The molecule has 0 aromatic rings. The molecule has 16 heavy (non-hydrogen) atoms. The standard InChI is InChI=1S/C11H25N3O2/c1-13(9-10-16-3)8-5-11(15)14(2)7-4-6-12/h4-10,12H2,1-3H3. The molecule has 96 valence electrons. The van der Waals surface area contributed by atoms with Crippen LogP contribution in [0.1, 0.15) is 12.8 Å². The molecule has 0 aliphatic heterocycles. The van der Waals surface area contributed by atoms with Crippen molar-refractivity contribution in [3.8, 4) is 0 Å². The van der Waals surface area contributed by atoms with Crippen LogP contribution in [0.3, 0.4) is 0 Å². The molecule has 0 atom stereocenters. The van der Waals surface area contributed by atoms with Gasteiger partial charge in [0.05, 0.1) is 6.61 Å². The first-order chi connectivity index (χ1) is 7.61. The first-order valence-electron chi connectivity index (χ1n) is 5.73. The molecule has 5 nitrogen and oxygen atoms in total. The van der Waals surface area contributed by atoms with E-state index in [1.807, 2.05) is 14.1 Å². The van der Waals surface area contributed by atoms with Crippen LogP contribution in [0.2, 0.25) is 0 Å². The molecular formula is C11H25N3O2. The van der Waals surface area contributed by atoms with E-state index in [-0.39, 0.29) is 5.91 Å². The topological polar surface area (TPSA) is 58.8 Å². The number of methoxy groups -OCH3 is 1. The third-order valence-electron chi connectivity index (χ3n) is 2.51. The van der Waals surface area contributed by atoms with Crippen molar-refractivity contribution in [2.45, 2.75) is 12.8 Å². The van der Waals surface area contributed by atoms with Crippen molar-refractivity contribution < 1.29 is 9.53 Å². The molecule has 0 heterocycles. The lowest BCUT2D eigenvalue weighted by Gasteiger charge is -2.20. The number of hydrogen-bond acceptors (Lipinski definition) is 4. The third kappa shape index (κ3) is 7.62. The number of amides is 1. The third-order valence-corrected chi connectivity index (χ3v) is 2.51. The Morgan fingerprint density at radius 2 is 1.94 bits per heavy atom. The van der Waals surface area contributed by atoms with Crippen molar-refractivity contribution in [3.05, 3.63) is 0 Å². The van der Waals surface area contributed by atoms with Crippen molar-refractivity contribution >= 4 is 5.91 Å². The molecule has 0 fully saturated rings. The summed E-state index contributed by atoms with van der Waals surface area (Å²) in [6, 6.07) is 0. The molecule has 2 N–H and O–H groups in total. The van der Waals surface area contributed by atoms with Crippen molar-refractivity contribution in [2.24, 2.45) is 5.73 Å². The lowest BCUT2D eigenvalue weighted by Crippen LogP contribution is -2.33. The minimum Gasteiger partial charge on any atom is -0.383 e. The van der Waals surface area contributed by atoms with E-state index in [4.69, 9.17) is 10.5 Å². The molecule has 0 saturated carbocycles. The predicted octanol–water partition coefficient (Wildman–Crippen LogP) is -0.238. The number of hydrogen-bond donors (Lipinski definition) is 1. The van der Waals surface area contributed by atoms with Crippen LogP contribution in [-0.2, 0) is 9.53 Å². The highest BCUT2D eigenvalue weighted by atomic mass is 16.5. The van der Waals surface area contributed by atoms with Crippen LogP contribution in [0.5, 0.6) is 0 Å². The Balaban J connectivity index is 3.62. The zero-order valence-electron chi connectivity index (χ0n) is 10.7. The summed E-state index contributed by atoms with van der Waals surface area (Å²) in [5, 5.41) is 0. The van der Waals surface area contributed by atoms with Gasteiger partial charge in [0.1, 0.15) is 0 Å². The minimum absolute atomic E-state index is 0.178. The Morgan fingerprint density at radius 1 is 1.25 bits per heavy atom. The molecule has 1 amide bonds. The number of carbonyl (C=O) groups is 1. The smallest absolute Gasteiger partial charge is 0.223 e. The van der Waals surface area contributed by atoms with E-state index in [1.165, 1.54) is 0 Å². The Hall–Kier alpha value is -0.650. The van der Waals surface area contributed by atoms with Gasteiger partial charge in [-0.3, -0.25) is 4.79 Å². The van der Waals surface area contributed by atoms with Gasteiger partial charge in [0, 0.05) is 40.2 Å². The van der Waals surface area contributed by atoms with Gasteiger partial charge in [-0.25, -0.2) is 0 Å². The molecule has 0 bridgehead atoms. The molecule has 0 aliphatic rings. The lowest BCUT2D eigenvalue weighted by atomic mass is 10.3. The largest absolute Gasteiger partial charge is 0.383 e. The van der Waals surface area contributed by atoms with Crippen molar-refractivity contribution in [2.75, 3.05) is 54.0 Å². The molecule has 5 heteroatoms. The molecule has 0 saturated heterocycles. The van der Waals surface area contributed by atoms with Crippen LogP contribution < -0.4 is 5.73 Å². The Labute approximate surface area is 98.5 Å². The normalized spacial score (nSPS) is 10.8. The Bertz CT molecular complexity index is 188. The Morgan fingerprint density at radius 3 is 2.50 bits per heavy atom. The summed E-state index contributed by atoms with van der Waals surface area (Å²) in [7, 11) is 5.50. The molecule has 0 aromatic heterocycles. The average molecular weight is 231 g/mol. The van der Waals surface area contributed by atoms with Gasteiger partial charge >= 0.3 is 0 Å². The van der Waals surface area contributed by atoms with Crippen LogP contribution in [0.25, 0.3) is 0 Å². The van der Waals surface area contributed by atoms with E-state index in [1.54, 1.807) is 12.0 Å².